The Morgan fingerprint density at radius 1 is 1.29 bits per heavy atom. The third-order valence-electron chi connectivity index (χ3n) is 6.07. The van der Waals surface area contributed by atoms with Crippen LogP contribution >= 0.6 is 0 Å². The van der Waals surface area contributed by atoms with E-state index in [0.29, 0.717) is 66.9 Å². The van der Waals surface area contributed by atoms with E-state index >= 15 is 0 Å². The Hall–Kier alpha value is -3.50. The molecule has 2 atom stereocenters. The van der Waals surface area contributed by atoms with Crippen LogP contribution in [0.15, 0.2) is 30.5 Å². The van der Waals surface area contributed by atoms with Gasteiger partial charge in [0, 0.05) is 24.4 Å². The summed E-state index contributed by atoms with van der Waals surface area (Å²) >= 11 is 0. The number of benzene rings is 1. The van der Waals surface area contributed by atoms with E-state index in [1.165, 1.54) is 13.2 Å². The van der Waals surface area contributed by atoms with E-state index in [9.17, 15) is 9.18 Å². The van der Waals surface area contributed by atoms with Crippen LogP contribution in [0, 0.1) is 12.7 Å². The van der Waals surface area contributed by atoms with Crippen LogP contribution < -0.4 is 15.4 Å². The number of ether oxygens (including phenoxy) is 3. The molecule has 1 fully saturated rings. The summed E-state index contributed by atoms with van der Waals surface area (Å²) < 4.78 is 31.1. The molecule has 178 valence electrons. The molecular formula is C24H26FN5O4. The van der Waals surface area contributed by atoms with Crippen molar-refractivity contribution in [3.05, 3.63) is 53.4 Å². The van der Waals surface area contributed by atoms with E-state index in [4.69, 9.17) is 14.2 Å². The number of aromatic nitrogens is 3. The van der Waals surface area contributed by atoms with E-state index < -0.39 is 5.82 Å². The molecular weight excluding hydrogens is 441 g/mol. The molecule has 5 rings (SSSR count). The fraction of sp³-hybridized carbons (Fsp3) is 0.375. The molecule has 1 saturated heterocycles. The van der Waals surface area contributed by atoms with Gasteiger partial charge in [0.05, 0.1) is 61.4 Å². The van der Waals surface area contributed by atoms with Gasteiger partial charge in [-0.3, -0.25) is 4.79 Å². The Labute approximate surface area is 196 Å². The van der Waals surface area contributed by atoms with Gasteiger partial charge in [0.2, 0.25) is 0 Å². The van der Waals surface area contributed by atoms with Crippen LogP contribution in [0.25, 0.3) is 11.4 Å². The van der Waals surface area contributed by atoms with Crippen molar-refractivity contribution in [1.82, 2.24) is 20.3 Å². The van der Waals surface area contributed by atoms with E-state index in [-0.39, 0.29) is 23.7 Å². The highest BCUT2D eigenvalue weighted by Gasteiger charge is 2.35. The third-order valence-corrected chi connectivity index (χ3v) is 6.07. The number of carbonyl (C=O) groups is 1. The number of fused-ring (bicyclic) bond motifs is 1. The summed E-state index contributed by atoms with van der Waals surface area (Å²) in [5.74, 6) is -0.103. The van der Waals surface area contributed by atoms with Gasteiger partial charge < -0.3 is 29.8 Å². The summed E-state index contributed by atoms with van der Waals surface area (Å²) in [6, 6.07) is 6.36. The highest BCUT2D eigenvalue weighted by atomic mass is 19.1. The number of nitrogens with one attached hydrogen (secondary N) is 3. The fourth-order valence-electron chi connectivity index (χ4n) is 4.52. The van der Waals surface area contributed by atoms with Gasteiger partial charge in [-0.2, -0.15) is 0 Å². The third kappa shape index (κ3) is 4.22. The smallest absolute Gasteiger partial charge is 0.255 e. The monoisotopic (exact) mass is 467 g/mol. The highest BCUT2D eigenvalue weighted by molar-refractivity contribution is 6.06. The first-order valence-corrected chi connectivity index (χ1v) is 11.2. The minimum atomic E-state index is -0.506. The first-order valence-electron chi connectivity index (χ1n) is 11.2. The predicted molar refractivity (Wildman–Crippen MR) is 123 cm³/mol. The molecule has 2 aliphatic rings. The van der Waals surface area contributed by atoms with Gasteiger partial charge in [-0.05, 0) is 31.5 Å². The standard InChI is InChI=1S/C24H26FN5O4/c1-13-26-7-6-17(28-13)21-22(29-18-5-3-4-16(25)23(18)32-2)19-20(30-21)14(11-27-24(19)31)10-15-12-33-8-9-34-15/h3-7,14-15,29-30H,8-12H2,1-2H3,(H,27,31)/t14-,15-/m1/s1. The topological polar surface area (TPSA) is 110 Å². The Morgan fingerprint density at radius 3 is 2.94 bits per heavy atom. The summed E-state index contributed by atoms with van der Waals surface area (Å²) in [6.07, 6.45) is 2.28. The highest BCUT2D eigenvalue weighted by Crippen LogP contribution is 2.42. The molecule has 3 aromatic rings. The number of nitrogens with zero attached hydrogens (tertiary/aromatic N) is 2. The average Bonchev–Trinajstić information content (AvgIpc) is 3.22. The van der Waals surface area contributed by atoms with Gasteiger partial charge >= 0.3 is 0 Å². The summed E-state index contributed by atoms with van der Waals surface area (Å²) in [5.41, 5.74) is 3.37. The van der Waals surface area contributed by atoms with Gasteiger partial charge in [-0.25, -0.2) is 14.4 Å². The number of para-hydroxylation sites is 1. The fourth-order valence-corrected chi connectivity index (χ4v) is 4.52. The van der Waals surface area contributed by atoms with Crippen molar-refractivity contribution in [2.75, 3.05) is 38.8 Å². The van der Waals surface area contributed by atoms with Gasteiger partial charge in [-0.15, -0.1) is 0 Å². The zero-order valence-electron chi connectivity index (χ0n) is 19.0. The van der Waals surface area contributed by atoms with Crippen molar-refractivity contribution >= 4 is 17.3 Å². The minimum absolute atomic E-state index is 0.0222. The molecule has 3 N–H and O–H groups in total. The molecule has 1 amide bonds. The minimum Gasteiger partial charge on any atom is -0.492 e. The second-order valence-electron chi connectivity index (χ2n) is 8.31. The van der Waals surface area contributed by atoms with E-state index in [0.717, 1.165) is 5.69 Å². The summed E-state index contributed by atoms with van der Waals surface area (Å²) in [6.45, 7) is 3.93. The molecule has 0 saturated carbocycles. The Morgan fingerprint density at radius 2 is 2.18 bits per heavy atom. The largest absolute Gasteiger partial charge is 0.492 e. The molecule has 9 nitrogen and oxygen atoms in total. The maximum absolute atomic E-state index is 14.4. The zero-order chi connectivity index (χ0) is 23.7. The number of H-pyrrole nitrogens is 1. The summed E-state index contributed by atoms with van der Waals surface area (Å²) in [5, 5.41) is 6.23. The van der Waals surface area contributed by atoms with Crippen LogP contribution in [-0.2, 0) is 9.47 Å². The summed E-state index contributed by atoms with van der Waals surface area (Å²) in [4.78, 5) is 25.3. The Kier molecular flexibility index (Phi) is 6.16. The van der Waals surface area contributed by atoms with Crippen LogP contribution in [0.3, 0.4) is 0 Å². The number of hydrogen-bond donors (Lipinski definition) is 3. The number of aromatic amines is 1. The molecule has 2 aromatic heterocycles. The van der Waals surface area contributed by atoms with Gasteiger partial charge in [0.15, 0.2) is 11.6 Å². The first-order chi connectivity index (χ1) is 16.5. The second kappa shape index (κ2) is 9.40. The van der Waals surface area contributed by atoms with Crippen molar-refractivity contribution in [1.29, 1.82) is 0 Å². The van der Waals surface area contributed by atoms with Crippen molar-refractivity contribution in [3.63, 3.8) is 0 Å². The quantitative estimate of drug-likeness (QED) is 0.510. The molecule has 10 heteroatoms. The number of carbonyl (C=O) groups excluding carboxylic acids is 1. The number of aryl methyl sites for hydroxylation is 1. The van der Waals surface area contributed by atoms with Crippen LogP contribution in [0.1, 0.15) is 34.2 Å². The molecule has 1 aromatic carbocycles. The number of rotatable bonds is 6. The van der Waals surface area contributed by atoms with Crippen molar-refractivity contribution in [2.45, 2.75) is 25.4 Å². The van der Waals surface area contributed by atoms with Gasteiger partial charge in [-0.1, -0.05) is 6.07 Å². The lowest BCUT2D eigenvalue weighted by molar-refractivity contribution is -0.0928. The molecule has 0 spiro atoms. The number of anilines is 2. The molecule has 0 bridgehead atoms. The average molecular weight is 468 g/mol. The van der Waals surface area contributed by atoms with Crippen LogP contribution in [0.5, 0.6) is 5.75 Å². The number of hydrogen-bond acceptors (Lipinski definition) is 7. The maximum Gasteiger partial charge on any atom is 0.255 e. The molecule has 0 unspecified atom stereocenters. The van der Waals surface area contributed by atoms with E-state index in [2.05, 4.69) is 25.6 Å². The number of halogens is 1. The van der Waals surface area contributed by atoms with E-state index in [1.54, 1.807) is 31.3 Å². The molecule has 0 radical (unpaired) electrons. The maximum atomic E-state index is 14.4. The van der Waals surface area contributed by atoms with Gasteiger partial charge in [0.25, 0.3) is 5.91 Å². The van der Waals surface area contributed by atoms with Crippen molar-refractivity contribution < 1.29 is 23.4 Å². The second-order valence-corrected chi connectivity index (χ2v) is 8.31. The number of methoxy groups -OCH3 is 1. The lowest BCUT2D eigenvalue weighted by Crippen LogP contribution is -2.38. The lowest BCUT2D eigenvalue weighted by Gasteiger charge is -2.29. The first kappa shape index (κ1) is 22.3. The zero-order valence-corrected chi connectivity index (χ0v) is 19.0. The van der Waals surface area contributed by atoms with Gasteiger partial charge in [0.1, 0.15) is 5.82 Å². The SMILES string of the molecule is COc1c(F)cccc1Nc1c(-c2ccnc(C)n2)[nH]c2c1C(=O)NC[C@H]2C[C@@H]1COCCO1. The normalized spacial score (nSPS) is 19.9. The lowest BCUT2D eigenvalue weighted by atomic mass is 9.91. The molecule has 34 heavy (non-hydrogen) atoms. The summed E-state index contributed by atoms with van der Waals surface area (Å²) in [7, 11) is 1.40. The van der Waals surface area contributed by atoms with E-state index in [1.807, 2.05) is 0 Å². The predicted octanol–water partition coefficient (Wildman–Crippen LogP) is 3.30. The van der Waals surface area contributed by atoms with Crippen LogP contribution in [0.4, 0.5) is 15.8 Å². The van der Waals surface area contributed by atoms with Crippen molar-refractivity contribution in [2.24, 2.45) is 0 Å². The Balaban J connectivity index is 1.62. The number of amides is 1. The van der Waals surface area contributed by atoms with Crippen molar-refractivity contribution in [3.8, 4) is 17.1 Å². The molecule has 4 heterocycles. The molecule has 2 aliphatic heterocycles. The van der Waals surface area contributed by atoms with Crippen LogP contribution in [0.2, 0.25) is 0 Å². The Bertz CT molecular complexity index is 1210. The van der Waals surface area contributed by atoms with Crippen LogP contribution in [-0.4, -0.2) is 60.4 Å². The molecule has 0 aliphatic carbocycles.